The largest absolute Gasteiger partial charge is 0.309 e. The van der Waals surface area contributed by atoms with Crippen LogP contribution in [0.2, 0.25) is 0 Å². The van der Waals surface area contributed by atoms with Crippen molar-refractivity contribution in [1.82, 2.24) is 9.13 Å². The number of aromatic nitrogens is 2. The number of rotatable bonds is 8. The van der Waals surface area contributed by atoms with Crippen molar-refractivity contribution >= 4 is 43.6 Å². The molecule has 29 rings (SSSR count). The zero-order chi connectivity index (χ0) is 102. The number of hydrogen-bond donors (Lipinski definition) is 0. The van der Waals surface area contributed by atoms with Crippen molar-refractivity contribution in [3.63, 3.8) is 0 Å². The highest BCUT2D eigenvalue weighted by Gasteiger charge is 2.50. The minimum atomic E-state index is -0.263. The third kappa shape index (κ3) is 16.4. The summed E-state index contributed by atoms with van der Waals surface area (Å²) in [7, 11) is 0. The first-order chi connectivity index (χ1) is 73.4. The molecule has 2 nitrogen and oxygen atoms in total. The van der Waals surface area contributed by atoms with E-state index in [1.165, 1.54) is 239 Å². The second kappa shape index (κ2) is 40.0. The van der Waals surface area contributed by atoms with Crippen molar-refractivity contribution < 1.29 is 0 Å². The third-order valence-electron chi connectivity index (χ3n) is 32.2. The normalized spacial score (nSPS) is 13.6. The summed E-state index contributed by atoms with van der Waals surface area (Å²) in [5.41, 5.74) is 52.2. The maximum absolute atomic E-state index is 2.37. The fourth-order valence-corrected chi connectivity index (χ4v) is 25.5. The lowest BCUT2D eigenvalue weighted by Crippen LogP contribution is -2.28. The summed E-state index contributed by atoms with van der Waals surface area (Å²) in [5, 5.41) is 5.26. The van der Waals surface area contributed by atoms with Crippen LogP contribution in [0.25, 0.3) is 111 Å². The molecule has 0 radical (unpaired) electrons. The highest BCUT2D eigenvalue weighted by atomic mass is 15.0. The van der Waals surface area contributed by atoms with E-state index in [-0.39, 0.29) is 27.1 Å². The van der Waals surface area contributed by atoms with Gasteiger partial charge in [-0.2, -0.15) is 0 Å². The summed E-state index contributed by atoms with van der Waals surface area (Å²) in [6.45, 7) is 24.5. The van der Waals surface area contributed by atoms with Gasteiger partial charge in [-0.25, -0.2) is 0 Å². The van der Waals surface area contributed by atoms with Gasteiger partial charge < -0.3 is 9.13 Å². The zero-order valence-corrected chi connectivity index (χ0v) is 87.3. The number of hydrogen-bond acceptors (Lipinski definition) is 0. The summed E-state index contributed by atoms with van der Waals surface area (Å²) in [4.78, 5) is 0. The predicted octanol–water partition coefficient (Wildman–Crippen LogP) is 37.9. The van der Waals surface area contributed by atoms with Crippen LogP contribution in [0.1, 0.15) is 156 Å². The fraction of sp³-hybridized carbons (Fsp3) is 0.108. The second-order valence-corrected chi connectivity index (χ2v) is 41.9. The van der Waals surface area contributed by atoms with Gasteiger partial charge >= 0.3 is 0 Å². The van der Waals surface area contributed by atoms with Gasteiger partial charge in [-0.05, 0) is 258 Å². The topological polar surface area (TPSA) is 9.86 Å². The van der Waals surface area contributed by atoms with Crippen LogP contribution in [0.3, 0.4) is 0 Å². The van der Waals surface area contributed by atoms with Gasteiger partial charge in [-0.3, -0.25) is 0 Å². The summed E-state index contributed by atoms with van der Waals surface area (Å²) in [6.07, 6.45) is 0. The Balaban J connectivity index is 0.0000000966. The molecule has 5 aliphatic carbocycles. The lowest BCUT2D eigenvalue weighted by molar-refractivity contribution is 0.660. The Kier molecular flexibility index (Phi) is 25.6. The number of para-hydroxylation sites is 5. The number of aryl methyl sites for hydroxylation is 7. The smallest absolute Gasteiger partial charge is 0.0713 e. The van der Waals surface area contributed by atoms with E-state index in [2.05, 4.69) is 625 Å². The highest BCUT2D eigenvalue weighted by Crippen LogP contribution is 2.61. The summed E-state index contributed by atoms with van der Waals surface area (Å²) in [6, 6.07) is 195. The minimum Gasteiger partial charge on any atom is -0.309 e. The Morgan fingerprint density at radius 3 is 0.913 bits per heavy atom. The van der Waals surface area contributed by atoms with E-state index < -0.39 is 0 Å². The standard InChI is InChI=1S/3C26H20.2C19H15N.2C16H16/c1-19-11-10-18-24-25(19)22-16-8-9-17-23(22)26(24,20-12-4-2-5-13-20)21-14-6-3-7-15-21;1-19-16-17-25-23(18-19)22-14-8-9-15-24(22)26(25,20-10-4-2-5-11-20)21-12-6-3-7-13-21;1-19-16-17-23-22-14-8-9-15-24(22)26(25(23)18-19,20-10-4-2-5-11-20)21-12-6-3-7-13-21;1-14-8-7-12-17-16-11-5-6-13-18(16)20(19(14)17)15-9-3-2-4-10-15;1-14-11-12-17-16-9-5-6-10-18(16)20(19(17)13-14)15-7-3-2-4-8-15;1-11-7-6-10-14-15(11)12-8-4-5-9-13(12)16(14,2)3;1-11-8-9-15-13(10-11)12-6-4-5-7-14(12)16(15,2)3/h3*2-18H,1H3;2*2-13H,1H3;2*4-10H,1-3H3. The Bertz CT molecular complexity index is 8900. The Hall–Kier alpha value is -17.6. The Morgan fingerprint density at radius 2 is 0.420 bits per heavy atom. The van der Waals surface area contributed by atoms with Gasteiger partial charge in [-0.1, -0.05) is 542 Å². The van der Waals surface area contributed by atoms with Crippen LogP contribution >= 0.6 is 0 Å². The Morgan fingerprint density at radius 1 is 0.153 bits per heavy atom. The molecule has 150 heavy (non-hydrogen) atoms. The first-order valence-electron chi connectivity index (χ1n) is 52.9. The highest BCUT2D eigenvalue weighted by molar-refractivity contribution is 6.11. The van der Waals surface area contributed by atoms with Gasteiger partial charge in [0, 0.05) is 43.7 Å². The number of fused-ring (bicyclic) bond motifs is 21. The molecule has 5 aliphatic rings. The van der Waals surface area contributed by atoms with E-state index in [1.54, 1.807) is 0 Å². The van der Waals surface area contributed by atoms with Crippen LogP contribution in [0.4, 0.5) is 0 Å². The third-order valence-corrected chi connectivity index (χ3v) is 32.2. The van der Waals surface area contributed by atoms with Crippen molar-refractivity contribution in [2.24, 2.45) is 0 Å². The van der Waals surface area contributed by atoms with Gasteiger partial charge in [-0.15, -0.1) is 0 Å². The van der Waals surface area contributed by atoms with Crippen LogP contribution in [-0.2, 0) is 27.1 Å². The van der Waals surface area contributed by atoms with E-state index in [9.17, 15) is 0 Å². The van der Waals surface area contributed by atoms with E-state index >= 15 is 0 Å². The predicted molar refractivity (Wildman–Crippen MR) is 634 cm³/mol. The monoisotopic (exact) mass is 1930 g/mol. The Labute approximate surface area is 884 Å². The molecule has 0 saturated carbocycles. The van der Waals surface area contributed by atoms with Crippen molar-refractivity contribution in [1.29, 1.82) is 0 Å². The van der Waals surface area contributed by atoms with Crippen molar-refractivity contribution in [3.05, 3.63) is 668 Å². The van der Waals surface area contributed by atoms with Gasteiger partial charge in [0.1, 0.15) is 0 Å². The lowest BCUT2D eigenvalue weighted by Gasteiger charge is -2.34. The van der Waals surface area contributed by atoms with Crippen LogP contribution in [0.15, 0.2) is 540 Å². The van der Waals surface area contributed by atoms with E-state index in [1.807, 2.05) is 0 Å². The van der Waals surface area contributed by atoms with Crippen molar-refractivity contribution in [3.8, 4) is 67.0 Å². The molecule has 0 fully saturated rings. The van der Waals surface area contributed by atoms with Crippen molar-refractivity contribution in [2.45, 2.75) is 103 Å². The average molecular weight is 1930 g/mol. The van der Waals surface area contributed by atoms with Gasteiger partial charge in [0.25, 0.3) is 0 Å². The molecule has 0 bridgehead atoms. The first-order valence-corrected chi connectivity index (χ1v) is 52.9. The summed E-state index contributed by atoms with van der Waals surface area (Å²) in [5.74, 6) is 0. The molecular formula is C148H122N2. The molecule has 0 spiro atoms. The zero-order valence-electron chi connectivity index (χ0n) is 87.3. The molecule has 0 atom stereocenters. The molecule has 0 N–H and O–H groups in total. The molecule has 22 aromatic carbocycles. The molecule has 2 aromatic heterocycles. The van der Waals surface area contributed by atoms with Crippen LogP contribution in [-0.4, -0.2) is 9.13 Å². The van der Waals surface area contributed by atoms with Crippen LogP contribution in [0, 0.1) is 48.5 Å². The molecule has 0 unspecified atom stereocenters. The molecule has 0 saturated heterocycles. The van der Waals surface area contributed by atoms with Crippen molar-refractivity contribution in [2.75, 3.05) is 0 Å². The molecule has 2 heterocycles. The van der Waals surface area contributed by atoms with Crippen LogP contribution < -0.4 is 0 Å². The fourth-order valence-electron chi connectivity index (χ4n) is 25.5. The quantitative estimate of drug-likeness (QED) is 0.143. The molecular weight excluding hydrogens is 1810 g/mol. The SMILES string of the molecule is Cc1ccc2c(c1)-c1ccccc1C2(C)C.Cc1ccc2c(c1)-c1ccccc1C2(c1ccccc1)c1ccccc1.Cc1ccc2c(c1)C(c1ccccc1)(c1ccccc1)c1ccccc1-2.Cc1ccc2c3ccccc3n(-c3ccccc3)c2c1.Cc1cccc2c1-c1ccccc1C2(C)C.Cc1cccc2c1-c1ccccc1C2(c1ccccc1)c1ccccc1.Cc1cccc2c3ccccc3n(-c3ccccc3)c12. The summed E-state index contributed by atoms with van der Waals surface area (Å²) >= 11 is 0. The molecule has 0 aliphatic heterocycles. The molecule has 0 amide bonds. The van der Waals surface area contributed by atoms with E-state index in [4.69, 9.17) is 0 Å². The van der Waals surface area contributed by atoms with Gasteiger partial charge in [0.05, 0.1) is 38.3 Å². The summed E-state index contributed by atoms with van der Waals surface area (Å²) < 4.78 is 4.71. The maximum atomic E-state index is 2.37. The average Bonchev–Trinajstić information content (AvgIpc) is 1.54. The molecule has 24 aromatic rings. The second-order valence-electron chi connectivity index (χ2n) is 41.9. The lowest BCUT2D eigenvalue weighted by atomic mass is 9.67. The maximum Gasteiger partial charge on any atom is 0.0713 e. The number of nitrogens with zero attached hydrogens (tertiary/aromatic N) is 2. The minimum absolute atomic E-state index is 0.151. The van der Waals surface area contributed by atoms with Gasteiger partial charge in [0.15, 0.2) is 0 Å². The van der Waals surface area contributed by atoms with E-state index in [0.29, 0.717) is 0 Å². The molecule has 724 valence electrons. The van der Waals surface area contributed by atoms with E-state index in [0.717, 1.165) is 0 Å². The van der Waals surface area contributed by atoms with Gasteiger partial charge in [0.2, 0.25) is 0 Å². The van der Waals surface area contributed by atoms with Crippen LogP contribution in [0.5, 0.6) is 0 Å². The first kappa shape index (κ1) is 95.9. The number of benzene rings is 22. The molecule has 2 heteroatoms.